The summed E-state index contributed by atoms with van der Waals surface area (Å²) < 4.78 is 0. The first kappa shape index (κ1) is 16.0. The summed E-state index contributed by atoms with van der Waals surface area (Å²) in [6.45, 7) is 8.53. The summed E-state index contributed by atoms with van der Waals surface area (Å²) in [5.41, 5.74) is -0.736. The Labute approximate surface area is 116 Å². The lowest BCUT2D eigenvalue weighted by atomic mass is 9.52. The number of carbonyl (C=O) groups is 2. The SMILES string of the molecule is CCC1(C(C)C)CCC(C)CC1(CC(=O)O)NC=O. The summed E-state index contributed by atoms with van der Waals surface area (Å²) in [5, 5.41) is 12.2. The van der Waals surface area contributed by atoms with Crippen molar-refractivity contribution in [3.8, 4) is 0 Å². The normalized spacial score (nSPS) is 35.1. The molecule has 0 aromatic carbocycles. The average Bonchev–Trinajstić information content (AvgIpc) is 2.28. The van der Waals surface area contributed by atoms with Gasteiger partial charge in [-0.3, -0.25) is 9.59 Å². The molecule has 0 saturated heterocycles. The highest BCUT2D eigenvalue weighted by Crippen LogP contribution is 2.54. The van der Waals surface area contributed by atoms with Crippen molar-refractivity contribution in [3.63, 3.8) is 0 Å². The molecular formula is C15H27NO3. The van der Waals surface area contributed by atoms with E-state index in [0.717, 1.165) is 25.7 Å². The molecule has 1 aliphatic rings. The molecule has 0 bridgehead atoms. The summed E-state index contributed by atoms with van der Waals surface area (Å²) in [7, 11) is 0. The molecule has 19 heavy (non-hydrogen) atoms. The van der Waals surface area contributed by atoms with Crippen molar-refractivity contribution in [2.75, 3.05) is 0 Å². The lowest BCUT2D eigenvalue weighted by Crippen LogP contribution is -2.63. The molecule has 2 N–H and O–H groups in total. The molecule has 0 radical (unpaired) electrons. The Kier molecular flexibility index (Phi) is 4.99. The van der Waals surface area contributed by atoms with E-state index in [2.05, 4.69) is 33.0 Å². The Morgan fingerprint density at radius 1 is 1.53 bits per heavy atom. The van der Waals surface area contributed by atoms with E-state index in [9.17, 15) is 14.7 Å². The smallest absolute Gasteiger partial charge is 0.305 e. The molecule has 1 rings (SSSR count). The highest BCUT2D eigenvalue weighted by Gasteiger charge is 2.55. The summed E-state index contributed by atoms with van der Waals surface area (Å²) in [6, 6.07) is 0. The van der Waals surface area contributed by atoms with Crippen LogP contribution in [0.15, 0.2) is 0 Å². The van der Waals surface area contributed by atoms with Gasteiger partial charge in [0, 0.05) is 0 Å². The van der Waals surface area contributed by atoms with E-state index in [1.165, 1.54) is 0 Å². The number of amides is 1. The summed E-state index contributed by atoms with van der Waals surface area (Å²) in [5.74, 6) is -0.0380. The van der Waals surface area contributed by atoms with E-state index in [-0.39, 0.29) is 11.8 Å². The Morgan fingerprint density at radius 2 is 2.16 bits per heavy atom. The molecule has 4 nitrogen and oxygen atoms in total. The first-order chi connectivity index (χ1) is 8.83. The van der Waals surface area contributed by atoms with Gasteiger partial charge in [0.15, 0.2) is 0 Å². The van der Waals surface area contributed by atoms with Crippen LogP contribution < -0.4 is 5.32 Å². The monoisotopic (exact) mass is 269 g/mol. The van der Waals surface area contributed by atoms with Gasteiger partial charge in [-0.05, 0) is 42.9 Å². The van der Waals surface area contributed by atoms with Gasteiger partial charge in [-0.15, -0.1) is 0 Å². The van der Waals surface area contributed by atoms with Gasteiger partial charge in [0.25, 0.3) is 0 Å². The number of rotatable bonds is 6. The Balaban J connectivity index is 3.28. The van der Waals surface area contributed by atoms with Crippen LogP contribution in [0.4, 0.5) is 0 Å². The Morgan fingerprint density at radius 3 is 2.58 bits per heavy atom. The maximum atomic E-state index is 11.3. The number of hydrogen-bond donors (Lipinski definition) is 2. The zero-order chi connectivity index (χ0) is 14.7. The molecule has 3 atom stereocenters. The van der Waals surface area contributed by atoms with Crippen LogP contribution >= 0.6 is 0 Å². The predicted octanol–water partition coefficient (Wildman–Crippen LogP) is 2.82. The van der Waals surface area contributed by atoms with Crippen molar-refractivity contribution in [1.29, 1.82) is 0 Å². The van der Waals surface area contributed by atoms with Gasteiger partial charge in [-0.25, -0.2) is 0 Å². The first-order valence-electron chi connectivity index (χ1n) is 7.26. The van der Waals surface area contributed by atoms with Crippen LogP contribution in [-0.4, -0.2) is 23.0 Å². The lowest BCUT2D eigenvalue weighted by Gasteiger charge is -2.57. The molecule has 1 fully saturated rings. The fourth-order valence-corrected chi connectivity index (χ4v) is 4.28. The van der Waals surface area contributed by atoms with Crippen LogP contribution in [0.5, 0.6) is 0 Å². The topological polar surface area (TPSA) is 66.4 Å². The Hall–Kier alpha value is -1.06. The van der Waals surface area contributed by atoms with Crippen LogP contribution in [0.25, 0.3) is 0 Å². The number of carbonyl (C=O) groups excluding carboxylic acids is 1. The maximum absolute atomic E-state index is 11.3. The minimum Gasteiger partial charge on any atom is -0.481 e. The minimum absolute atomic E-state index is 0.0160. The van der Waals surface area contributed by atoms with Gasteiger partial charge in [-0.1, -0.05) is 27.7 Å². The molecule has 0 aliphatic heterocycles. The van der Waals surface area contributed by atoms with Crippen molar-refractivity contribution in [3.05, 3.63) is 0 Å². The average molecular weight is 269 g/mol. The quantitative estimate of drug-likeness (QED) is 0.729. The molecular weight excluding hydrogens is 242 g/mol. The second-order valence-corrected chi connectivity index (χ2v) is 6.43. The van der Waals surface area contributed by atoms with E-state index >= 15 is 0 Å². The number of hydrogen-bond acceptors (Lipinski definition) is 2. The maximum Gasteiger partial charge on any atom is 0.305 e. The summed E-state index contributed by atoms with van der Waals surface area (Å²) in [4.78, 5) is 22.4. The second-order valence-electron chi connectivity index (χ2n) is 6.43. The minimum atomic E-state index is -0.832. The van der Waals surface area contributed by atoms with E-state index in [4.69, 9.17) is 0 Å². The standard InChI is InChI=1S/C15H27NO3/c1-5-14(11(2)3)7-6-12(4)8-15(14,16-10-17)9-13(18)19/h10-12H,5-9H2,1-4H3,(H,16,17)(H,18,19). The summed E-state index contributed by atoms with van der Waals surface area (Å²) >= 11 is 0. The third-order valence-corrected chi connectivity index (χ3v) is 5.26. The van der Waals surface area contributed by atoms with Crippen LogP contribution in [0.2, 0.25) is 0 Å². The number of aliphatic carboxylic acids is 1. The predicted molar refractivity (Wildman–Crippen MR) is 74.8 cm³/mol. The van der Waals surface area contributed by atoms with E-state index in [0.29, 0.717) is 18.2 Å². The van der Waals surface area contributed by atoms with Gasteiger partial charge in [0.2, 0.25) is 6.41 Å². The van der Waals surface area contributed by atoms with Crippen molar-refractivity contribution in [1.82, 2.24) is 5.32 Å². The van der Waals surface area contributed by atoms with E-state index < -0.39 is 11.5 Å². The summed E-state index contributed by atoms with van der Waals surface area (Å²) in [6.07, 6.45) is 4.44. The molecule has 0 spiro atoms. The largest absolute Gasteiger partial charge is 0.481 e. The molecule has 4 heteroatoms. The molecule has 1 amide bonds. The van der Waals surface area contributed by atoms with Crippen molar-refractivity contribution in [2.45, 2.75) is 65.3 Å². The number of carboxylic acid groups (broad SMARTS) is 1. The third-order valence-electron chi connectivity index (χ3n) is 5.26. The highest BCUT2D eigenvalue weighted by molar-refractivity contribution is 5.69. The fourth-order valence-electron chi connectivity index (χ4n) is 4.28. The molecule has 0 aromatic heterocycles. The van der Waals surface area contributed by atoms with Gasteiger partial charge < -0.3 is 10.4 Å². The molecule has 0 heterocycles. The first-order valence-corrected chi connectivity index (χ1v) is 7.26. The highest BCUT2D eigenvalue weighted by atomic mass is 16.4. The molecule has 110 valence electrons. The molecule has 3 unspecified atom stereocenters. The number of carboxylic acids is 1. The van der Waals surface area contributed by atoms with Crippen LogP contribution in [0.3, 0.4) is 0 Å². The zero-order valence-electron chi connectivity index (χ0n) is 12.5. The van der Waals surface area contributed by atoms with E-state index in [1.807, 2.05) is 0 Å². The van der Waals surface area contributed by atoms with E-state index in [1.54, 1.807) is 0 Å². The van der Waals surface area contributed by atoms with Gasteiger partial charge >= 0.3 is 5.97 Å². The van der Waals surface area contributed by atoms with Crippen molar-refractivity contribution in [2.24, 2.45) is 17.3 Å². The number of nitrogens with one attached hydrogen (secondary N) is 1. The van der Waals surface area contributed by atoms with Crippen molar-refractivity contribution < 1.29 is 14.7 Å². The molecule has 1 aliphatic carbocycles. The van der Waals surface area contributed by atoms with Crippen LogP contribution in [-0.2, 0) is 9.59 Å². The van der Waals surface area contributed by atoms with Gasteiger partial charge in [-0.2, -0.15) is 0 Å². The third kappa shape index (κ3) is 2.77. The fraction of sp³-hybridized carbons (Fsp3) is 0.867. The van der Waals surface area contributed by atoms with Crippen LogP contribution in [0.1, 0.15) is 59.8 Å². The molecule has 0 aromatic rings. The zero-order valence-corrected chi connectivity index (χ0v) is 12.5. The van der Waals surface area contributed by atoms with Crippen LogP contribution in [0, 0.1) is 17.3 Å². The van der Waals surface area contributed by atoms with Gasteiger partial charge in [0.05, 0.1) is 12.0 Å². The van der Waals surface area contributed by atoms with Gasteiger partial charge in [0.1, 0.15) is 0 Å². The van der Waals surface area contributed by atoms with Crippen molar-refractivity contribution >= 4 is 12.4 Å². The lowest BCUT2D eigenvalue weighted by molar-refractivity contribution is -0.144. The Bertz CT molecular complexity index is 342. The molecule has 1 saturated carbocycles. The second kappa shape index (κ2) is 5.93.